The van der Waals surface area contributed by atoms with Gasteiger partial charge in [-0.3, -0.25) is 5.01 Å². The zero-order valence-electron chi connectivity index (χ0n) is 12.2. The molecule has 2 rings (SSSR count). The Bertz CT molecular complexity index is 454. The number of piperazine rings is 1. The Morgan fingerprint density at radius 1 is 1.30 bits per heavy atom. The lowest BCUT2D eigenvalue weighted by Gasteiger charge is -2.30. The van der Waals surface area contributed by atoms with E-state index in [4.69, 9.17) is 4.74 Å². The zero-order chi connectivity index (χ0) is 14.4. The van der Waals surface area contributed by atoms with Gasteiger partial charge >= 0.3 is 0 Å². The van der Waals surface area contributed by atoms with Crippen LogP contribution in [0.1, 0.15) is 18.9 Å². The van der Waals surface area contributed by atoms with Crippen molar-refractivity contribution in [3.63, 3.8) is 0 Å². The third-order valence-corrected chi connectivity index (χ3v) is 3.31. The van der Waals surface area contributed by atoms with Crippen LogP contribution >= 0.6 is 0 Å². The van der Waals surface area contributed by atoms with Crippen molar-refractivity contribution >= 4 is 6.21 Å². The Balaban J connectivity index is 1.95. The minimum Gasteiger partial charge on any atom is -0.507 e. The van der Waals surface area contributed by atoms with E-state index in [9.17, 15) is 5.11 Å². The van der Waals surface area contributed by atoms with Crippen LogP contribution in [0.2, 0.25) is 0 Å². The Morgan fingerprint density at radius 3 is 2.70 bits per heavy atom. The Morgan fingerprint density at radius 2 is 2.05 bits per heavy atom. The Hall–Kier alpha value is -1.75. The van der Waals surface area contributed by atoms with E-state index in [1.807, 2.05) is 17.1 Å². The van der Waals surface area contributed by atoms with Crippen molar-refractivity contribution in [2.24, 2.45) is 5.10 Å². The fourth-order valence-electron chi connectivity index (χ4n) is 2.00. The molecule has 1 N–H and O–H groups in total. The summed E-state index contributed by atoms with van der Waals surface area (Å²) in [6.07, 6.45) is 2.66. The van der Waals surface area contributed by atoms with Gasteiger partial charge in [-0.2, -0.15) is 5.10 Å². The fourth-order valence-corrected chi connectivity index (χ4v) is 2.00. The van der Waals surface area contributed by atoms with Gasteiger partial charge in [-0.15, -0.1) is 0 Å². The number of rotatable bonds is 5. The molecule has 1 saturated heterocycles. The van der Waals surface area contributed by atoms with Crippen LogP contribution in [0.15, 0.2) is 23.3 Å². The average molecular weight is 277 g/mol. The van der Waals surface area contributed by atoms with Crippen molar-refractivity contribution in [1.82, 2.24) is 9.91 Å². The van der Waals surface area contributed by atoms with Gasteiger partial charge in [0.15, 0.2) is 0 Å². The molecule has 0 radical (unpaired) electrons. The normalized spacial score (nSPS) is 16.8. The van der Waals surface area contributed by atoms with Gasteiger partial charge < -0.3 is 14.7 Å². The van der Waals surface area contributed by atoms with Gasteiger partial charge in [0.2, 0.25) is 0 Å². The largest absolute Gasteiger partial charge is 0.507 e. The molecule has 110 valence electrons. The molecule has 5 nitrogen and oxygen atoms in total. The minimum absolute atomic E-state index is 0.205. The molecule has 0 aromatic heterocycles. The molecule has 1 aliphatic heterocycles. The smallest absolute Gasteiger partial charge is 0.128 e. The number of benzene rings is 1. The maximum atomic E-state index is 9.96. The lowest BCUT2D eigenvalue weighted by molar-refractivity contribution is 0.159. The lowest BCUT2D eigenvalue weighted by Crippen LogP contribution is -2.41. The quantitative estimate of drug-likeness (QED) is 0.833. The topological polar surface area (TPSA) is 48.3 Å². The molecule has 0 aliphatic carbocycles. The summed E-state index contributed by atoms with van der Waals surface area (Å²) < 4.78 is 5.48. The molecule has 0 amide bonds. The van der Waals surface area contributed by atoms with Crippen molar-refractivity contribution in [3.8, 4) is 11.5 Å². The third kappa shape index (κ3) is 4.13. The van der Waals surface area contributed by atoms with Crippen molar-refractivity contribution in [2.75, 3.05) is 39.8 Å². The maximum Gasteiger partial charge on any atom is 0.128 e. The summed E-state index contributed by atoms with van der Waals surface area (Å²) in [5, 5.41) is 16.4. The summed E-state index contributed by atoms with van der Waals surface area (Å²) >= 11 is 0. The van der Waals surface area contributed by atoms with Crippen LogP contribution in [-0.2, 0) is 0 Å². The first-order valence-electron chi connectivity index (χ1n) is 7.12. The van der Waals surface area contributed by atoms with E-state index < -0.39 is 0 Å². The van der Waals surface area contributed by atoms with Gasteiger partial charge in [-0.25, -0.2) is 0 Å². The summed E-state index contributed by atoms with van der Waals surface area (Å²) in [7, 11) is 2.11. The van der Waals surface area contributed by atoms with Crippen LogP contribution < -0.4 is 4.74 Å². The number of hydrogen-bond acceptors (Lipinski definition) is 5. The maximum absolute atomic E-state index is 9.96. The monoisotopic (exact) mass is 277 g/mol. The first-order chi connectivity index (χ1) is 9.69. The second-order valence-electron chi connectivity index (χ2n) is 5.07. The van der Waals surface area contributed by atoms with Crippen LogP contribution in [0.25, 0.3) is 0 Å². The lowest BCUT2D eigenvalue weighted by atomic mass is 10.2. The number of phenols is 1. The highest BCUT2D eigenvalue weighted by Crippen LogP contribution is 2.22. The van der Waals surface area contributed by atoms with Crippen LogP contribution in [0.3, 0.4) is 0 Å². The molecule has 0 atom stereocenters. The number of aromatic hydroxyl groups is 1. The highest BCUT2D eigenvalue weighted by Gasteiger charge is 2.11. The number of phenolic OH excluding ortho intramolecular Hbond substituents is 1. The van der Waals surface area contributed by atoms with Gasteiger partial charge in [-0.1, -0.05) is 6.92 Å². The second-order valence-corrected chi connectivity index (χ2v) is 5.07. The predicted octanol–water partition coefficient (Wildman–Crippen LogP) is 1.76. The highest BCUT2D eigenvalue weighted by molar-refractivity contribution is 5.83. The second kappa shape index (κ2) is 7.14. The molecule has 5 heteroatoms. The van der Waals surface area contributed by atoms with Gasteiger partial charge in [-0.05, 0) is 25.6 Å². The SMILES string of the molecule is CCCOc1ccc(C=NN2CCN(C)CC2)c(O)c1. The molecule has 1 fully saturated rings. The molecule has 0 saturated carbocycles. The van der Waals surface area contributed by atoms with E-state index in [1.54, 1.807) is 12.3 Å². The van der Waals surface area contributed by atoms with E-state index in [-0.39, 0.29) is 5.75 Å². The fraction of sp³-hybridized carbons (Fsp3) is 0.533. The summed E-state index contributed by atoms with van der Waals surface area (Å²) in [4.78, 5) is 2.28. The molecule has 0 spiro atoms. The zero-order valence-corrected chi connectivity index (χ0v) is 12.2. The van der Waals surface area contributed by atoms with Gasteiger partial charge in [0.05, 0.1) is 12.8 Å². The summed E-state index contributed by atoms with van der Waals surface area (Å²) in [6, 6.07) is 5.33. The Labute approximate surface area is 120 Å². The standard InChI is InChI=1S/C15H23N3O2/c1-3-10-20-14-5-4-13(15(19)11-14)12-16-18-8-6-17(2)7-9-18/h4-5,11-12,19H,3,6-10H2,1-2H3. The number of likely N-dealkylation sites (N-methyl/N-ethyl adjacent to an activating group) is 1. The summed E-state index contributed by atoms with van der Waals surface area (Å²) in [5.74, 6) is 0.901. The van der Waals surface area contributed by atoms with E-state index in [2.05, 4.69) is 24.0 Å². The molecule has 0 bridgehead atoms. The van der Waals surface area contributed by atoms with Gasteiger partial charge in [0.25, 0.3) is 0 Å². The number of hydrogen-bond donors (Lipinski definition) is 1. The van der Waals surface area contributed by atoms with Crippen molar-refractivity contribution in [2.45, 2.75) is 13.3 Å². The van der Waals surface area contributed by atoms with Crippen molar-refractivity contribution in [1.29, 1.82) is 0 Å². The van der Waals surface area contributed by atoms with Crippen LogP contribution in [0, 0.1) is 0 Å². The molecule has 20 heavy (non-hydrogen) atoms. The predicted molar refractivity (Wildman–Crippen MR) is 80.6 cm³/mol. The third-order valence-electron chi connectivity index (χ3n) is 3.31. The van der Waals surface area contributed by atoms with E-state index >= 15 is 0 Å². The summed E-state index contributed by atoms with van der Waals surface area (Å²) in [6.45, 7) is 6.60. The first kappa shape index (κ1) is 14.7. The van der Waals surface area contributed by atoms with Gasteiger partial charge in [0.1, 0.15) is 11.5 Å². The average Bonchev–Trinajstić information content (AvgIpc) is 2.46. The molecule has 1 aromatic rings. The van der Waals surface area contributed by atoms with Crippen molar-refractivity contribution in [3.05, 3.63) is 23.8 Å². The van der Waals surface area contributed by atoms with E-state index in [1.165, 1.54) is 0 Å². The summed E-state index contributed by atoms with van der Waals surface area (Å²) in [5.41, 5.74) is 0.716. The molecule has 1 aliphatic rings. The Kier molecular flexibility index (Phi) is 5.24. The first-order valence-corrected chi connectivity index (χ1v) is 7.12. The number of hydrazone groups is 1. The minimum atomic E-state index is 0.205. The molecule has 1 aromatic carbocycles. The number of ether oxygens (including phenoxy) is 1. The number of nitrogens with zero attached hydrogens (tertiary/aromatic N) is 3. The highest BCUT2D eigenvalue weighted by atomic mass is 16.5. The van der Waals surface area contributed by atoms with Crippen LogP contribution in [0.5, 0.6) is 11.5 Å². The molecule has 1 heterocycles. The van der Waals surface area contributed by atoms with E-state index in [0.717, 1.165) is 32.6 Å². The van der Waals surface area contributed by atoms with Crippen LogP contribution in [0.4, 0.5) is 0 Å². The van der Waals surface area contributed by atoms with Crippen LogP contribution in [-0.4, -0.2) is 61.1 Å². The molecule has 0 unspecified atom stereocenters. The van der Waals surface area contributed by atoms with Crippen molar-refractivity contribution < 1.29 is 9.84 Å². The molecular weight excluding hydrogens is 254 g/mol. The van der Waals surface area contributed by atoms with Gasteiger partial charge in [0, 0.05) is 37.8 Å². The van der Waals surface area contributed by atoms with E-state index in [0.29, 0.717) is 17.9 Å². The molecular formula is C15H23N3O2.